The standard InChI is InChI=1S/C13H18N5O13P3/c1-3-13(20)9(19)8(5-28-33(24,25)31-34(26,27)30-32(21,22)23)29-10(13)7-4-15-12-11(14)16-6(2)17-18(7)12/h1,4,8-10,19-20H,5H2,2H3,(H,24,25)(H,26,27)(H2,14,16,17)(H2,21,22,23)/t8-,9-,10+,13-/m1/s1. The maximum absolute atomic E-state index is 11.9. The fourth-order valence-corrected chi connectivity index (χ4v) is 6.09. The first-order valence-electron chi connectivity index (χ1n) is 8.78. The minimum absolute atomic E-state index is 0.00856. The fraction of sp³-hybridized carbons (Fsp3) is 0.462. The van der Waals surface area contributed by atoms with Gasteiger partial charge in [-0.15, -0.1) is 6.42 Å². The van der Waals surface area contributed by atoms with Crippen molar-refractivity contribution in [2.45, 2.75) is 30.8 Å². The summed E-state index contributed by atoms with van der Waals surface area (Å²) in [5.41, 5.74) is 3.45. The van der Waals surface area contributed by atoms with Crippen molar-refractivity contribution in [2.75, 3.05) is 12.3 Å². The van der Waals surface area contributed by atoms with Crippen LogP contribution in [0.15, 0.2) is 6.20 Å². The van der Waals surface area contributed by atoms with E-state index in [9.17, 15) is 33.7 Å². The third kappa shape index (κ3) is 5.54. The Bertz CT molecular complexity index is 1290. The molecule has 0 radical (unpaired) electrons. The fourth-order valence-electron chi connectivity index (χ4n) is 3.06. The van der Waals surface area contributed by atoms with Crippen molar-refractivity contribution in [3.63, 3.8) is 0 Å². The highest BCUT2D eigenvalue weighted by molar-refractivity contribution is 7.66. The predicted molar refractivity (Wildman–Crippen MR) is 107 cm³/mol. The molecule has 18 nitrogen and oxygen atoms in total. The highest BCUT2D eigenvalue weighted by Crippen LogP contribution is 2.66. The van der Waals surface area contributed by atoms with Crippen LogP contribution >= 0.6 is 23.5 Å². The largest absolute Gasteiger partial charge is 0.490 e. The number of imidazole rings is 1. The number of terminal acetylenes is 1. The topological polar surface area (TPSA) is 279 Å². The van der Waals surface area contributed by atoms with Crippen molar-refractivity contribution in [1.29, 1.82) is 0 Å². The molecule has 2 aromatic rings. The first-order valence-corrected chi connectivity index (χ1v) is 13.3. The number of nitrogens with zero attached hydrogens (tertiary/aromatic N) is 4. The van der Waals surface area contributed by atoms with Crippen molar-refractivity contribution in [1.82, 2.24) is 19.6 Å². The Hall–Kier alpha value is -1.80. The highest BCUT2D eigenvalue weighted by atomic mass is 31.3. The molecule has 1 fully saturated rings. The van der Waals surface area contributed by atoms with E-state index in [1.54, 1.807) is 0 Å². The number of nitrogen functional groups attached to an aromatic ring is 1. The smallest absolute Gasteiger partial charge is 0.386 e. The summed E-state index contributed by atoms with van der Waals surface area (Å²) >= 11 is 0. The Morgan fingerprint density at radius 3 is 2.50 bits per heavy atom. The molecule has 0 amide bonds. The number of nitrogens with two attached hydrogens (primary N) is 1. The lowest BCUT2D eigenvalue weighted by Crippen LogP contribution is -2.44. The second-order valence-electron chi connectivity index (χ2n) is 6.82. The van der Waals surface area contributed by atoms with Crippen LogP contribution in [-0.2, 0) is 31.6 Å². The zero-order chi connectivity index (χ0) is 25.7. The van der Waals surface area contributed by atoms with Crippen LogP contribution in [0.2, 0.25) is 0 Å². The molecule has 0 bridgehead atoms. The number of fused-ring (bicyclic) bond motifs is 1. The molecule has 6 atom stereocenters. The van der Waals surface area contributed by atoms with E-state index in [0.717, 1.165) is 4.52 Å². The van der Waals surface area contributed by atoms with Crippen LogP contribution in [0.5, 0.6) is 0 Å². The lowest BCUT2D eigenvalue weighted by molar-refractivity contribution is -0.0364. The van der Waals surface area contributed by atoms with Gasteiger partial charge in [-0.2, -0.15) is 13.7 Å². The van der Waals surface area contributed by atoms with Crippen LogP contribution in [0.4, 0.5) is 5.82 Å². The normalized spacial score (nSPS) is 28.9. The minimum Gasteiger partial charge on any atom is -0.386 e. The number of phosphoric ester groups is 1. The molecule has 3 rings (SSSR count). The molecular formula is C13H18N5O13P3. The SMILES string of the molecule is C#C[C@@]1(O)[C@H](O)[C@@H](COP(=O)(O)OP(=O)(O)OP(=O)(O)O)O[C@H]1c1cnc2c(N)nc(C)nn12. The van der Waals surface area contributed by atoms with Gasteiger partial charge in [0.1, 0.15) is 24.1 Å². The lowest BCUT2D eigenvalue weighted by Gasteiger charge is -2.25. The maximum atomic E-state index is 11.9. The van der Waals surface area contributed by atoms with Crippen LogP contribution < -0.4 is 5.73 Å². The van der Waals surface area contributed by atoms with Gasteiger partial charge in [0.15, 0.2) is 17.1 Å². The number of aliphatic hydroxyl groups is 2. The van der Waals surface area contributed by atoms with Gasteiger partial charge in [-0.05, 0) is 6.92 Å². The van der Waals surface area contributed by atoms with Gasteiger partial charge < -0.3 is 40.3 Å². The first kappa shape index (κ1) is 26.8. The predicted octanol–water partition coefficient (Wildman–Crippen LogP) is -1.48. The molecule has 21 heteroatoms. The number of phosphoric acid groups is 3. The third-order valence-corrected chi connectivity index (χ3v) is 8.15. The van der Waals surface area contributed by atoms with E-state index in [0.29, 0.717) is 0 Å². The summed E-state index contributed by atoms with van der Waals surface area (Å²) in [7, 11) is -16.9. The Balaban J connectivity index is 1.82. The number of hydrogen-bond acceptors (Lipinski definition) is 13. The Kier molecular flexibility index (Phi) is 7.10. The van der Waals surface area contributed by atoms with E-state index < -0.39 is 54.0 Å². The third-order valence-electron chi connectivity index (χ3n) is 4.35. The van der Waals surface area contributed by atoms with E-state index >= 15 is 0 Å². The van der Waals surface area contributed by atoms with Crippen LogP contribution in [0.25, 0.3) is 5.65 Å². The average molecular weight is 545 g/mol. The number of hydrogen-bond donors (Lipinski definition) is 7. The summed E-state index contributed by atoms with van der Waals surface area (Å²) < 4.78 is 52.3. The number of aliphatic hydroxyl groups excluding tert-OH is 1. The van der Waals surface area contributed by atoms with Crippen molar-refractivity contribution < 1.29 is 61.4 Å². The summed E-state index contributed by atoms with van der Waals surface area (Å²) in [5.74, 6) is 2.18. The number of rotatable bonds is 8. The van der Waals surface area contributed by atoms with Gasteiger partial charge in [0.2, 0.25) is 0 Å². The molecule has 1 saturated heterocycles. The lowest BCUT2D eigenvalue weighted by atomic mass is 9.90. The maximum Gasteiger partial charge on any atom is 0.490 e. The van der Waals surface area contributed by atoms with Gasteiger partial charge in [-0.1, -0.05) is 5.92 Å². The molecule has 2 unspecified atom stereocenters. The zero-order valence-corrected chi connectivity index (χ0v) is 19.5. The molecular weight excluding hydrogens is 527 g/mol. The van der Waals surface area contributed by atoms with E-state index in [2.05, 4.69) is 28.2 Å². The second-order valence-corrected chi connectivity index (χ2v) is 11.2. The summed E-state index contributed by atoms with van der Waals surface area (Å²) in [6.45, 7) is 0.459. The summed E-state index contributed by atoms with van der Waals surface area (Å²) in [4.78, 5) is 43.8. The molecule has 1 aliphatic rings. The monoisotopic (exact) mass is 545 g/mol. The molecule has 0 spiro atoms. The summed E-state index contributed by atoms with van der Waals surface area (Å²) in [6.07, 6.45) is 1.48. The second kappa shape index (κ2) is 9.01. The van der Waals surface area contributed by atoms with Gasteiger partial charge >= 0.3 is 23.5 Å². The number of aryl methyl sites for hydroxylation is 1. The van der Waals surface area contributed by atoms with Crippen molar-refractivity contribution in [3.05, 3.63) is 17.7 Å². The van der Waals surface area contributed by atoms with Gasteiger partial charge in [0.25, 0.3) is 0 Å². The molecule has 1 aliphatic heterocycles. The van der Waals surface area contributed by atoms with Crippen LogP contribution in [0.1, 0.15) is 17.6 Å². The van der Waals surface area contributed by atoms with Gasteiger partial charge in [0.05, 0.1) is 18.5 Å². The number of ether oxygens (including phenoxy) is 1. The zero-order valence-electron chi connectivity index (χ0n) is 16.8. The van der Waals surface area contributed by atoms with Crippen molar-refractivity contribution in [2.24, 2.45) is 0 Å². The van der Waals surface area contributed by atoms with Gasteiger partial charge in [0, 0.05) is 0 Å². The van der Waals surface area contributed by atoms with E-state index in [1.807, 2.05) is 5.92 Å². The molecule has 34 heavy (non-hydrogen) atoms. The number of anilines is 1. The number of aromatic nitrogens is 4. The molecule has 0 saturated carbocycles. The Labute approximate surface area is 189 Å². The van der Waals surface area contributed by atoms with Crippen LogP contribution in [0.3, 0.4) is 0 Å². The molecule has 2 aromatic heterocycles. The minimum atomic E-state index is -5.76. The van der Waals surface area contributed by atoms with E-state index in [4.69, 9.17) is 26.7 Å². The molecule has 8 N–H and O–H groups in total. The molecule has 3 heterocycles. The quantitative estimate of drug-likeness (QED) is 0.147. The van der Waals surface area contributed by atoms with E-state index in [-0.39, 0.29) is 23.0 Å². The van der Waals surface area contributed by atoms with E-state index in [1.165, 1.54) is 13.1 Å². The highest BCUT2D eigenvalue weighted by Gasteiger charge is 2.57. The van der Waals surface area contributed by atoms with Crippen LogP contribution in [-0.4, -0.2) is 73.8 Å². The molecule has 0 aliphatic carbocycles. The van der Waals surface area contributed by atoms with Gasteiger partial charge in [-0.25, -0.2) is 28.2 Å². The average Bonchev–Trinajstić information content (AvgIpc) is 3.17. The van der Waals surface area contributed by atoms with Crippen LogP contribution in [0, 0.1) is 19.3 Å². The molecule has 0 aromatic carbocycles. The first-order chi connectivity index (χ1) is 15.5. The Morgan fingerprint density at radius 2 is 1.91 bits per heavy atom. The summed E-state index contributed by atoms with van der Waals surface area (Å²) in [5, 5.41) is 25.5. The van der Waals surface area contributed by atoms with Gasteiger partial charge in [-0.3, -0.25) is 4.52 Å². The van der Waals surface area contributed by atoms with Crippen molar-refractivity contribution >= 4 is 34.9 Å². The van der Waals surface area contributed by atoms with Crippen molar-refractivity contribution in [3.8, 4) is 12.3 Å². The molecule has 188 valence electrons. The summed E-state index contributed by atoms with van der Waals surface area (Å²) in [6, 6.07) is 0. The Morgan fingerprint density at radius 1 is 1.26 bits per heavy atom.